The molecule has 0 saturated heterocycles. The summed E-state index contributed by atoms with van der Waals surface area (Å²) in [7, 11) is 0. The molecule has 1 fully saturated rings. The van der Waals surface area contributed by atoms with Crippen LogP contribution in [0.1, 0.15) is 33.1 Å². The number of nitrogen functional groups attached to an aromatic ring is 1. The van der Waals surface area contributed by atoms with Crippen LogP contribution in [0.3, 0.4) is 0 Å². The highest BCUT2D eigenvalue weighted by atomic mass is 16.4. The first-order chi connectivity index (χ1) is 8.54. The van der Waals surface area contributed by atoms with Crippen LogP contribution in [0.15, 0.2) is 22.6 Å². The van der Waals surface area contributed by atoms with Crippen molar-refractivity contribution in [3.05, 3.63) is 18.2 Å². The summed E-state index contributed by atoms with van der Waals surface area (Å²) >= 11 is 0. The van der Waals surface area contributed by atoms with E-state index in [1.807, 2.05) is 18.2 Å². The van der Waals surface area contributed by atoms with Crippen LogP contribution in [-0.2, 0) is 0 Å². The zero-order chi connectivity index (χ0) is 12.8. The molecule has 1 atom stereocenters. The van der Waals surface area contributed by atoms with Gasteiger partial charge in [-0.15, -0.1) is 0 Å². The van der Waals surface area contributed by atoms with Crippen molar-refractivity contribution in [1.82, 2.24) is 4.98 Å². The molecule has 0 amide bonds. The SMILES string of the molecule is CC1(C)CCCC1Nc1nc2ccc(N)cc2o1. The Morgan fingerprint density at radius 2 is 2.28 bits per heavy atom. The van der Waals surface area contributed by atoms with Crippen molar-refractivity contribution in [2.75, 3.05) is 11.1 Å². The molecular formula is C14H19N3O. The summed E-state index contributed by atoms with van der Waals surface area (Å²) in [4.78, 5) is 4.45. The quantitative estimate of drug-likeness (QED) is 0.796. The molecule has 1 aliphatic rings. The van der Waals surface area contributed by atoms with E-state index in [-0.39, 0.29) is 0 Å². The van der Waals surface area contributed by atoms with Crippen molar-refractivity contribution in [2.24, 2.45) is 5.41 Å². The molecule has 0 aliphatic heterocycles. The minimum atomic E-state index is 0.305. The second kappa shape index (κ2) is 3.90. The van der Waals surface area contributed by atoms with Crippen LogP contribution in [0.2, 0.25) is 0 Å². The number of oxazole rings is 1. The summed E-state index contributed by atoms with van der Waals surface area (Å²) in [5.74, 6) is 0. The lowest BCUT2D eigenvalue weighted by molar-refractivity contribution is 0.344. The van der Waals surface area contributed by atoms with Crippen LogP contribution in [0.25, 0.3) is 11.1 Å². The van der Waals surface area contributed by atoms with Gasteiger partial charge in [0.1, 0.15) is 5.52 Å². The molecule has 3 N–H and O–H groups in total. The number of hydrogen-bond donors (Lipinski definition) is 2. The molecule has 4 nitrogen and oxygen atoms in total. The topological polar surface area (TPSA) is 64.1 Å². The number of nitrogens with two attached hydrogens (primary N) is 1. The van der Waals surface area contributed by atoms with E-state index in [2.05, 4.69) is 24.1 Å². The fourth-order valence-corrected chi connectivity index (χ4v) is 2.75. The normalized spacial score (nSPS) is 22.4. The molecule has 0 spiro atoms. The van der Waals surface area contributed by atoms with Crippen molar-refractivity contribution in [1.29, 1.82) is 0 Å². The lowest BCUT2D eigenvalue weighted by atomic mass is 9.87. The van der Waals surface area contributed by atoms with Crippen molar-refractivity contribution in [3.63, 3.8) is 0 Å². The maximum atomic E-state index is 5.73. The first-order valence-electron chi connectivity index (χ1n) is 6.47. The Morgan fingerprint density at radius 1 is 1.44 bits per heavy atom. The van der Waals surface area contributed by atoms with Crippen LogP contribution in [0.5, 0.6) is 0 Å². The van der Waals surface area contributed by atoms with Gasteiger partial charge in [-0.2, -0.15) is 4.98 Å². The van der Waals surface area contributed by atoms with Gasteiger partial charge in [-0.3, -0.25) is 0 Å². The van der Waals surface area contributed by atoms with E-state index >= 15 is 0 Å². The van der Waals surface area contributed by atoms with Gasteiger partial charge in [0.05, 0.1) is 0 Å². The average molecular weight is 245 g/mol. The standard InChI is InChI=1S/C14H19N3O/c1-14(2)7-3-4-12(14)17-13-16-10-6-5-9(15)8-11(10)18-13/h5-6,8,12H,3-4,7,15H2,1-2H3,(H,16,17). The summed E-state index contributed by atoms with van der Waals surface area (Å²) in [5.41, 5.74) is 8.33. The summed E-state index contributed by atoms with van der Waals surface area (Å²) in [6, 6.07) is 6.58. The van der Waals surface area contributed by atoms with Crippen molar-refractivity contribution < 1.29 is 4.42 Å². The van der Waals surface area contributed by atoms with Gasteiger partial charge in [-0.05, 0) is 30.4 Å². The molecule has 1 aromatic heterocycles. The molecule has 3 rings (SSSR count). The molecule has 4 heteroatoms. The van der Waals surface area contributed by atoms with E-state index in [1.165, 1.54) is 19.3 Å². The largest absolute Gasteiger partial charge is 0.423 e. The summed E-state index contributed by atoms with van der Waals surface area (Å²) < 4.78 is 5.70. The Kier molecular flexibility index (Phi) is 2.47. The van der Waals surface area contributed by atoms with Gasteiger partial charge in [-0.1, -0.05) is 20.3 Å². The molecule has 0 bridgehead atoms. The smallest absolute Gasteiger partial charge is 0.295 e. The number of nitrogens with zero attached hydrogens (tertiary/aromatic N) is 1. The average Bonchev–Trinajstić information content (AvgIpc) is 2.82. The number of rotatable bonds is 2. The van der Waals surface area contributed by atoms with E-state index in [0.717, 1.165) is 11.1 Å². The van der Waals surface area contributed by atoms with Gasteiger partial charge < -0.3 is 15.5 Å². The van der Waals surface area contributed by atoms with Crippen LogP contribution in [-0.4, -0.2) is 11.0 Å². The van der Waals surface area contributed by atoms with Crippen LogP contribution < -0.4 is 11.1 Å². The van der Waals surface area contributed by atoms with Gasteiger partial charge in [-0.25, -0.2) is 0 Å². The third-order valence-corrected chi connectivity index (χ3v) is 3.97. The number of aromatic nitrogens is 1. The molecule has 0 radical (unpaired) electrons. The summed E-state index contributed by atoms with van der Waals surface area (Å²) in [5, 5.41) is 3.42. The lowest BCUT2D eigenvalue weighted by Gasteiger charge is -2.26. The van der Waals surface area contributed by atoms with Gasteiger partial charge in [0.15, 0.2) is 5.58 Å². The highest BCUT2D eigenvalue weighted by molar-refractivity contribution is 5.78. The van der Waals surface area contributed by atoms with E-state index in [9.17, 15) is 0 Å². The molecule has 18 heavy (non-hydrogen) atoms. The fraction of sp³-hybridized carbons (Fsp3) is 0.500. The third-order valence-electron chi connectivity index (χ3n) is 3.97. The molecule has 1 unspecified atom stereocenters. The highest BCUT2D eigenvalue weighted by Gasteiger charge is 2.35. The van der Waals surface area contributed by atoms with Crippen molar-refractivity contribution >= 4 is 22.8 Å². The maximum absolute atomic E-state index is 5.73. The Bertz CT molecular complexity index is 573. The lowest BCUT2D eigenvalue weighted by Crippen LogP contribution is -2.30. The maximum Gasteiger partial charge on any atom is 0.295 e. The summed E-state index contributed by atoms with van der Waals surface area (Å²) in [6.45, 7) is 4.58. The molecule has 96 valence electrons. The number of hydrogen-bond acceptors (Lipinski definition) is 4. The minimum absolute atomic E-state index is 0.305. The molecule has 1 heterocycles. The van der Waals surface area contributed by atoms with Gasteiger partial charge in [0.2, 0.25) is 0 Å². The van der Waals surface area contributed by atoms with Crippen LogP contribution in [0, 0.1) is 5.41 Å². The van der Waals surface area contributed by atoms with Gasteiger partial charge >= 0.3 is 0 Å². The first kappa shape index (κ1) is 11.4. The van der Waals surface area contributed by atoms with Crippen molar-refractivity contribution in [3.8, 4) is 0 Å². The number of anilines is 2. The van der Waals surface area contributed by atoms with E-state index in [0.29, 0.717) is 23.2 Å². The predicted octanol–water partition coefficient (Wildman–Crippen LogP) is 3.40. The second-order valence-corrected chi connectivity index (χ2v) is 5.82. The Morgan fingerprint density at radius 3 is 3.00 bits per heavy atom. The monoisotopic (exact) mass is 245 g/mol. The van der Waals surface area contributed by atoms with Gasteiger partial charge in [0.25, 0.3) is 6.01 Å². The van der Waals surface area contributed by atoms with Gasteiger partial charge in [0, 0.05) is 17.8 Å². The van der Waals surface area contributed by atoms with Crippen LogP contribution >= 0.6 is 0 Å². The molecule has 2 aromatic rings. The third kappa shape index (κ3) is 1.92. The number of fused-ring (bicyclic) bond motifs is 1. The summed E-state index contributed by atoms with van der Waals surface area (Å²) in [6.07, 6.45) is 3.68. The number of benzene rings is 1. The zero-order valence-corrected chi connectivity index (χ0v) is 10.9. The fourth-order valence-electron chi connectivity index (χ4n) is 2.75. The van der Waals surface area contributed by atoms with E-state index < -0.39 is 0 Å². The molecular weight excluding hydrogens is 226 g/mol. The minimum Gasteiger partial charge on any atom is -0.423 e. The van der Waals surface area contributed by atoms with E-state index in [4.69, 9.17) is 10.2 Å². The van der Waals surface area contributed by atoms with E-state index in [1.54, 1.807) is 0 Å². The Hall–Kier alpha value is -1.71. The van der Waals surface area contributed by atoms with Crippen LogP contribution in [0.4, 0.5) is 11.7 Å². The Labute approximate surface area is 107 Å². The molecule has 1 saturated carbocycles. The number of nitrogens with one attached hydrogen (secondary N) is 1. The highest BCUT2D eigenvalue weighted by Crippen LogP contribution is 2.39. The Balaban J connectivity index is 1.87. The molecule has 1 aliphatic carbocycles. The molecule has 1 aromatic carbocycles. The first-order valence-corrected chi connectivity index (χ1v) is 6.47. The second-order valence-electron chi connectivity index (χ2n) is 5.82. The van der Waals surface area contributed by atoms with Crippen molar-refractivity contribution in [2.45, 2.75) is 39.2 Å². The zero-order valence-electron chi connectivity index (χ0n) is 10.9. The predicted molar refractivity (Wildman–Crippen MR) is 73.5 cm³/mol.